The van der Waals surface area contributed by atoms with Crippen LogP contribution in [0.2, 0.25) is 5.02 Å². The Hall–Kier alpha value is -2.59. The van der Waals surface area contributed by atoms with Crippen LogP contribution in [-0.4, -0.2) is 12.5 Å². The molecular weight excluding hydrogens is 317 g/mol. The standard InChI is InChI=1S/C18H15ClFNO2/c1-2-12-23-14-9-6-13(7-10-14)8-11-17(22)21-16-5-3-4-15(19)18(16)20/h2-11H,1,12H2,(H,21,22)/b11-8+. The van der Waals surface area contributed by atoms with E-state index >= 15 is 0 Å². The Morgan fingerprint density at radius 2 is 2.00 bits per heavy atom. The van der Waals surface area contributed by atoms with E-state index in [0.29, 0.717) is 12.4 Å². The lowest BCUT2D eigenvalue weighted by Gasteiger charge is -2.05. The van der Waals surface area contributed by atoms with Crippen LogP contribution in [0.15, 0.2) is 61.2 Å². The summed E-state index contributed by atoms with van der Waals surface area (Å²) >= 11 is 5.66. The number of amides is 1. The molecule has 1 amide bonds. The fourth-order valence-corrected chi connectivity index (χ4v) is 1.95. The fourth-order valence-electron chi connectivity index (χ4n) is 1.78. The number of rotatable bonds is 6. The highest BCUT2D eigenvalue weighted by Crippen LogP contribution is 2.22. The van der Waals surface area contributed by atoms with E-state index in [1.807, 2.05) is 12.1 Å². The highest BCUT2D eigenvalue weighted by atomic mass is 35.5. The van der Waals surface area contributed by atoms with Crippen molar-refractivity contribution in [1.29, 1.82) is 0 Å². The van der Waals surface area contributed by atoms with Gasteiger partial charge in [-0.25, -0.2) is 4.39 Å². The van der Waals surface area contributed by atoms with Crippen molar-refractivity contribution in [2.45, 2.75) is 0 Å². The van der Waals surface area contributed by atoms with Crippen LogP contribution in [0.25, 0.3) is 6.08 Å². The van der Waals surface area contributed by atoms with Crippen LogP contribution in [0.5, 0.6) is 5.75 Å². The molecule has 0 fully saturated rings. The summed E-state index contributed by atoms with van der Waals surface area (Å²) in [5.41, 5.74) is 0.859. The summed E-state index contributed by atoms with van der Waals surface area (Å²) in [6.45, 7) is 4.01. The van der Waals surface area contributed by atoms with Crippen molar-refractivity contribution in [1.82, 2.24) is 0 Å². The van der Waals surface area contributed by atoms with Gasteiger partial charge in [0.05, 0.1) is 10.7 Å². The van der Waals surface area contributed by atoms with Crippen molar-refractivity contribution in [3.63, 3.8) is 0 Å². The van der Waals surface area contributed by atoms with E-state index in [1.54, 1.807) is 30.4 Å². The first-order valence-corrected chi connectivity index (χ1v) is 7.25. The highest BCUT2D eigenvalue weighted by Gasteiger charge is 2.07. The number of hydrogen-bond acceptors (Lipinski definition) is 2. The van der Waals surface area contributed by atoms with E-state index in [4.69, 9.17) is 16.3 Å². The third-order valence-electron chi connectivity index (χ3n) is 2.88. The predicted molar refractivity (Wildman–Crippen MR) is 91.2 cm³/mol. The van der Waals surface area contributed by atoms with Gasteiger partial charge in [0.15, 0.2) is 5.82 Å². The van der Waals surface area contributed by atoms with Gasteiger partial charge in [-0.05, 0) is 35.9 Å². The summed E-state index contributed by atoms with van der Waals surface area (Å²) in [6, 6.07) is 11.6. The van der Waals surface area contributed by atoms with Crippen LogP contribution in [0.1, 0.15) is 5.56 Å². The first kappa shape index (κ1) is 16.8. The molecule has 0 bridgehead atoms. The van der Waals surface area contributed by atoms with Crippen molar-refractivity contribution in [3.05, 3.63) is 77.6 Å². The molecule has 2 rings (SSSR count). The fraction of sp³-hybridized carbons (Fsp3) is 0.0556. The van der Waals surface area contributed by atoms with Crippen LogP contribution in [0.3, 0.4) is 0 Å². The molecule has 0 heterocycles. The number of halogens is 2. The number of ether oxygens (including phenoxy) is 1. The third-order valence-corrected chi connectivity index (χ3v) is 3.18. The molecule has 0 aliphatic carbocycles. The Bertz CT molecular complexity index is 726. The molecule has 0 spiro atoms. The maximum Gasteiger partial charge on any atom is 0.248 e. The second kappa shape index (κ2) is 8.15. The molecule has 0 saturated carbocycles. The third kappa shape index (κ3) is 4.97. The molecule has 0 radical (unpaired) electrons. The first-order chi connectivity index (χ1) is 11.1. The van der Waals surface area contributed by atoms with Crippen molar-refractivity contribution >= 4 is 29.3 Å². The zero-order valence-electron chi connectivity index (χ0n) is 12.3. The van der Waals surface area contributed by atoms with E-state index < -0.39 is 11.7 Å². The zero-order valence-corrected chi connectivity index (χ0v) is 13.0. The lowest BCUT2D eigenvalue weighted by atomic mass is 10.2. The molecule has 23 heavy (non-hydrogen) atoms. The van der Waals surface area contributed by atoms with Gasteiger partial charge >= 0.3 is 0 Å². The van der Waals surface area contributed by atoms with Crippen LogP contribution < -0.4 is 10.1 Å². The minimum atomic E-state index is -0.653. The average Bonchev–Trinajstić information content (AvgIpc) is 2.56. The van der Waals surface area contributed by atoms with Gasteiger partial charge in [-0.2, -0.15) is 0 Å². The molecule has 118 valence electrons. The zero-order chi connectivity index (χ0) is 16.7. The van der Waals surface area contributed by atoms with Crippen molar-refractivity contribution in [3.8, 4) is 5.75 Å². The second-order valence-corrected chi connectivity index (χ2v) is 5.00. The molecule has 0 unspecified atom stereocenters. The SMILES string of the molecule is C=CCOc1ccc(/C=C/C(=O)Nc2cccc(Cl)c2F)cc1. The Morgan fingerprint density at radius 3 is 2.70 bits per heavy atom. The largest absolute Gasteiger partial charge is 0.490 e. The summed E-state index contributed by atoms with van der Waals surface area (Å²) in [5, 5.41) is 2.40. The average molecular weight is 332 g/mol. The number of anilines is 1. The van der Waals surface area contributed by atoms with E-state index in [1.165, 1.54) is 18.2 Å². The van der Waals surface area contributed by atoms with Crippen LogP contribution in [0.4, 0.5) is 10.1 Å². The van der Waals surface area contributed by atoms with Crippen molar-refractivity contribution < 1.29 is 13.9 Å². The summed E-state index contributed by atoms with van der Waals surface area (Å²) < 4.78 is 19.0. The maximum absolute atomic E-state index is 13.7. The molecule has 0 aliphatic heterocycles. The molecule has 3 nitrogen and oxygen atoms in total. The number of benzene rings is 2. The van der Waals surface area contributed by atoms with E-state index in [9.17, 15) is 9.18 Å². The Balaban J connectivity index is 1.98. The second-order valence-electron chi connectivity index (χ2n) is 4.59. The molecular formula is C18H15ClFNO2. The molecule has 0 saturated heterocycles. The smallest absolute Gasteiger partial charge is 0.248 e. The van der Waals surface area contributed by atoms with Gasteiger partial charge in [-0.1, -0.05) is 42.5 Å². The molecule has 2 aromatic carbocycles. The number of carbonyl (C=O) groups is 1. The van der Waals surface area contributed by atoms with Gasteiger partial charge in [-0.3, -0.25) is 4.79 Å². The van der Waals surface area contributed by atoms with E-state index in [-0.39, 0.29) is 10.7 Å². The topological polar surface area (TPSA) is 38.3 Å². The van der Waals surface area contributed by atoms with E-state index in [2.05, 4.69) is 11.9 Å². The van der Waals surface area contributed by atoms with Gasteiger partial charge in [0.2, 0.25) is 5.91 Å². The van der Waals surface area contributed by atoms with Gasteiger partial charge in [-0.15, -0.1) is 0 Å². The van der Waals surface area contributed by atoms with Gasteiger partial charge < -0.3 is 10.1 Å². The molecule has 5 heteroatoms. The van der Waals surface area contributed by atoms with Gasteiger partial charge in [0, 0.05) is 6.08 Å². The molecule has 0 atom stereocenters. The molecule has 0 aliphatic rings. The monoisotopic (exact) mass is 331 g/mol. The highest BCUT2D eigenvalue weighted by molar-refractivity contribution is 6.31. The quantitative estimate of drug-likeness (QED) is 0.615. The maximum atomic E-state index is 13.7. The minimum Gasteiger partial charge on any atom is -0.490 e. The Kier molecular flexibility index (Phi) is 5.94. The number of hydrogen-bond donors (Lipinski definition) is 1. The molecule has 2 aromatic rings. The van der Waals surface area contributed by atoms with Gasteiger partial charge in [0.1, 0.15) is 12.4 Å². The summed E-state index contributed by atoms with van der Waals surface area (Å²) in [7, 11) is 0. The molecule has 1 N–H and O–H groups in total. The first-order valence-electron chi connectivity index (χ1n) is 6.87. The van der Waals surface area contributed by atoms with E-state index in [0.717, 1.165) is 5.56 Å². The Morgan fingerprint density at radius 1 is 1.26 bits per heavy atom. The lowest BCUT2D eigenvalue weighted by Crippen LogP contribution is -2.09. The van der Waals surface area contributed by atoms with Crippen molar-refractivity contribution in [2.24, 2.45) is 0 Å². The number of carbonyl (C=O) groups excluding carboxylic acids is 1. The Labute approximate surface area is 139 Å². The number of nitrogens with one attached hydrogen (secondary N) is 1. The summed E-state index contributed by atoms with van der Waals surface area (Å²) in [4.78, 5) is 11.8. The van der Waals surface area contributed by atoms with Crippen LogP contribution in [0, 0.1) is 5.82 Å². The van der Waals surface area contributed by atoms with Crippen molar-refractivity contribution in [2.75, 3.05) is 11.9 Å². The summed E-state index contributed by atoms with van der Waals surface area (Å²) in [6.07, 6.45) is 4.60. The van der Waals surface area contributed by atoms with Gasteiger partial charge in [0.25, 0.3) is 0 Å². The predicted octanol–water partition coefficient (Wildman–Crippen LogP) is 4.70. The lowest BCUT2D eigenvalue weighted by molar-refractivity contribution is -0.111. The normalized spacial score (nSPS) is 10.5. The minimum absolute atomic E-state index is 0.0399. The van der Waals surface area contributed by atoms with Crippen LogP contribution in [-0.2, 0) is 4.79 Å². The molecule has 0 aromatic heterocycles. The van der Waals surface area contributed by atoms with Crippen LogP contribution >= 0.6 is 11.6 Å². The summed E-state index contributed by atoms with van der Waals surface area (Å²) in [5.74, 6) is -0.384.